The molecule has 0 bridgehead atoms. The SMILES string of the molecule is Cc1ccc(-n2c(SCC(=O)c3cc(C)ccc3C)nc3ccccc3c2=O)cc1. The molecule has 3 aromatic carbocycles. The van der Waals surface area contributed by atoms with Crippen molar-refractivity contribution in [3.05, 3.63) is 99.3 Å². The molecule has 0 spiro atoms. The Morgan fingerprint density at radius 3 is 2.40 bits per heavy atom. The normalized spacial score (nSPS) is 11.0. The van der Waals surface area contributed by atoms with Crippen LogP contribution in [0.4, 0.5) is 0 Å². The van der Waals surface area contributed by atoms with Crippen LogP contribution in [0, 0.1) is 20.8 Å². The van der Waals surface area contributed by atoms with Gasteiger partial charge in [-0.05, 0) is 56.7 Å². The van der Waals surface area contributed by atoms with E-state index in [2.05, 4.69) is 0 Å². The molecular weight excluding hydrogens is 392 g/mol. The van der Waals surface area contributed by atoms with Crippen LogP contribution in [-0.2, 0) is 0 Å². The van der Waals surface area contributed by atoms with Crippen LogP contribution in [0.25, 0.3) is 16.6 Å². The third-order valence-electron chi connectivity index (χ3n) is 5.06. The maximum absolute atomic E-state index is 13.3. The van der Waals surface area contributed by atoms with E-state index in [4.69, 9.17) is 4.98 Å². The molecular formula is C25H22N2O2S. The van der Waals surface area contributed by atoms with Crippen LogP contribution in [0.5, 0.6) is 0 Å². The van der Waals surface area contributed by atoms with E-state index < -0.39 is 0 Å². The highest BCUT2D eigenvalue weighted by Crippen LogP contribution is 2.23. The maximum Gasteiger partial charge on any atom is 0.266 e. The van der Waals surface area contributed by atoms with Gasteiger partial charge in [-0.3, -0.25) is 14.2 Å². The summed E-state index contributed by atoms with van der Waals surface area (Å²) in [6.45, 7) is 5.92. The number of ketones is 1. The molecule has 0 unspecified atom stereocenters. The molecule has 1 aromatic heterocycles. The predicted molar refractivity (Wildman–Crippen MR) is 123 cm³/mol. The van der Waals surface area contributed by atoms with Crippen LogP contribution in [0.2, 0.25) is 0 Å². The first kappa shape index (κ1) is 20.1. The van der Waals surface area contributed by atoms with E-state index >= 15 is 0 Å². The number of hydrogen-bond acceptors (Lipinski definition) is 4. The van der Waals surface area contributed by atoms with Crippen LogP contribution >= 0.6 is 11.8 Å². The Kier molecular flexibility index (Phi) is 5.55. The summed E-state index contributed by atoms with van der Waals surface area (Å²) in [5.41, 5.74) is 5.07. The fraction of sp³-hybridized carbons (Fsp3) is 0.160. The number of aryl methyl sites for hydroxylation is 3. The number of rotatable bonds is 5. The first-order valence-electron chi connectivity index (χ1n) is 9.76. The lowest BCUT2D eigenvalue weighted by Crippen LogP contribution is -2.22. The largest absolute Gasteiger partial charge is 0.293 e. The zero-order chi connectivity index (χ0) is 21.3. The Balaban J connectivity index is 1.76. The number of nitrogens with zero attached hydrogens (tertiary/aromatic N) is 2. The van der Waals surface area contributed by atoms with Gasteiger partial charge in [0.15, 0.2) is 10.9 Å². The van der Waals surface area contributed by atoms with Crippen molar-refractivity contribution in [2.75, 3.05) is 5.75 Å². The van der Waals surface area contributed by atoms with Crippen LogP contribution in [0.1, 0.15) is 27.0 Å². The van der Waals surface area contributed by atoms with Gasteiger partial charge < -0.3 is 0 Å². The Morgan fingerprint density at radius 1 is 0.933 bits per heavy atom. The van der Waals surface area contributed by atoms with Crippen molar-refractivity contribution in [1.82, 2.24) is 9.55 Å². The van der Waals surface area contributed by atoms with E-state index in [9.17, 15) is 9.59 Å². The van der Waals surface area contributed by atoms with Crippen molar-refractivity contribution in [3.63, 3.8) is 0 Å². The molecule has 0 N–H and O–H groups in total. The molecule has 0 amide bonds. The molecule has 0 aliphatic heterocycles. The van der Waals surface area contributed by atoms with Gasteiger partial charge in [0, 0.05) is 5.56 Å². The molecule has 0 saturated heterocycles. The van der Waals surface area contributed by atoms with Gasteiger partial charge in [0.05, 0.1) is 22.3 Å². The summed E-state index contributed by atoms with van der Waals surface area (Å²) in [7, 11) is 0. The number of carbonyl (C=O) groups excluding carboxylic acids is 1. The fourth-order valence-corrected chi connectivity index (χ4v) is 4.27. The number of para-hydroxylation sites is 1. The van der Waals surface area contributed by atoms with Gasteiger partial charge in [0.1, 0.15) is 0 Å². The molecule has 0 aliphatic rings. The van der Waals surface area contributed by atoms with Gasteiger partial charge in [-0.1, -0.05) is 59.3 Å². The Hall–Kier alpha value is -3.18. The van der Waals surface area contributed by atoms with Crippen LogP contribution < -0.4 is 5.56 Å². The Labute approximate surface area is 179 Å². The van der Waals surface area contributed by atoms with Gasteiger partial charge >= 0.3 is 0 Å². The number of Topliss-reactive ketones (excluding diaryl/α,β-unsaturated/α-hetero) is 1. The van der Waals surface area contributed by atoms with E-state index in [1.54, 1.807) is 10.6 Å². The molecule has 0 aliphatic carbocycles. The zero-order valence-corrected chi connectivity index (χ0v) is 18.0. The Bertz CT molecular complexity index is 1310. The highest BCUT2D eigenvalue weighted by atomic mass is 32.2. The van der Waals surface area contributed by atoms with Gasteiger partial charge in [-0.15, -0.1) is 0 Å². The number of aromatic nitrogens is 2. The first-order valence-corrected chi connectivity index (χ1v) is 10.7. The smallest absolute Gasteiger partial charge is 0.266 e. The van der Waals surface area contributed by atoms with E-state index in [0.29, 0.717) is 21.6 Å². The average Bonchev–Trinajstić information content (AvgIpc) is 2.75. The minimum atomic E-state index is -0.133. The maximum atomic E-state index is 13.3. The minimum Gasteiger partial charge on any atom is -0.293 e. The summed E-state index contributed by atoms with van der Waals surface area (Å²) in [6, 6.07) is 20.9. The highest BCUT2D eigenvalue weighted by Gasteiger charge is 2.16. The van der Waals surface area contributed by atoms with Crippen LogP contribution in [-0.4, -0.2) is 21.1 Å². The summed E-state index contributed by atoms with van der Waals surface area (Å²) in [5, 5.41) is 1.07. The molecule has 4 aromatic rings. The summed E-state index contributed by atoms with van der Waals surface area (Å²) in [6.07, 6.45) is 0. The number of benzene rings is 3. The lowest BCUT2D eigenvalue weighted by Gasteiger charge is -2.13. The van der Waals surface area contributed by atoms with E-state index in [1.165, 1.54) is 11.8 Å². The second-order valence-electron chi connectivity index (χ2n) is 7.42. The second kappa shape index (κ2) is 8.28. The molecule has 0 fully saturated rings. The number of fused-ring (bicyclic) bond motifs is 1. The predicted octanol–water partition coefficient (Wildman–Crippen LogP) is 5.29. The standard InChI is InChI=1S/C25H22N2O2S/c1-16-9-12-19(13-10-16)27-24(29)20-6-4-5-7-22(20)26-25(27)30-15-23(28)21-14-17(2)8-11-18(21)3/h4-14H,15H2,1-3H3. The topological polar surface area (TPSA) is 52.0 Å². The number of thioether (sulfide) groups is 1. The average molecular weight is 415 g/mol. The summed E-state index contributed by atoms with van der Waals surface area (Å²) < 4.78 is 1.60. The molecule has 0 atom stereocenters. The molecule has 30 heavy (non-hydrogen) atoms. The van der Waals surface area contributed by atoms with Crippen LogP contribution in [0.15, 0.2) is 76.7 Å². The summed E-state index contributed by atoms with van der Waals surface area (Å²) >= 11 is 1.29. The highest BCUT2D eigenvalue weighted by molar-refractivity contribution is 7.99. The van der Waals surface area contributed by atoms with Crippen molar-refractivity contribution in [3.8, 4) is 5.69 Å². The van der Waals surface area contributed by atoms with Crippen molar-refractivity contribution in [2.24, 2.45) is 0 Å². The monoisotopic (exact) mass is 414 g/mol. The zero-order valence-electron chi connectivity index (χ0n) is 17.2. The molecule has 0 radical (unpaired) electrons. The number of hydrogen-bond donors (Lipinski definition) is 0. The van der Waals surface area contributed by atoms with E-state index in [0.717, 1.165) is 22.4 Å². The first-order chi connectivity index (χ1) is 14.4. The van der Waals surface area contributed by atoms with Gasteiger partial charge in [0.25, 0.3) is 5.56 Å². The van der Waals surface area contributed by atoms with Crippen LogP contribution in [0.3, 0.4) is 0 Å². The lowest BCUT2D eigenvalue weighted by atomic mass is 10.0. The Morgan fingerprint density at radius 2 is 1.63 bits per heavy atom. The van der Waals surface area contributed by atoms with E-state index in [1.807, 2.05) is 81.4 Å². The van der Waals surface area contributed by atoms with Gasteiger partial charge in [-0.2, -0.15) is 0 Å². The van der Waals surface area contributed by atoms with Crippen molar-refractivity contribution < 1.29 is 4.79 Å². The van der Waals surface area contributed by atoms with E-state index in [-0.39, 0.29) is 17.1 Å². The third-order valence-corrected chi connectivity index (χ3v) is 6.00. The van der Waals surface area contributed by atoms with Crippen molar-refractivity contribution >= 4 is 28.4 Å². The molecule has 150 valence electrons. The van der Waals surface area contributed by atoms with Gasteiger partial charge in [0.2, 0.25) is 0 Å². The third kappa shape index (κ3) is 3.94. The molecule has 4 nitrogen and oxygen atoms in total. The van der Waals surface area contributed by atoms with Gasteiger partial charge in [-0.25, -0.2) is 4.98 Å². The summed E-state index contributed by atoms with van der Waals surface area (Å²) in [4.78, 5) is 30.9. The molecule has 0 saturated carbocycles. The molecule has 4 rings (SSSR count). The molecule has 1 heterocycles. The van der Waals surface area contributed by atoms with Crippen molar-refractivity contribution in [2.45, 2.75) is 25.9 Å². The summed E-state index contributed by atoms with van der Waals surface area (Å²) in [5.74, 6) is 0.236. The fourth-order valence-electron chi connectivity index (χ4n) is 3.37. The minimum absolute atomic E-state index is 0.0269. The quantitative estimate of drug-likeness (QED) is 0.253. The lowest BCUT2D eigenvalue weighted by molar-refractivity contribution is 0.102. The van der Waals surface area contributed by atoms with Crippen molar-refractivity contribution in [1.29, 1.82) is 0 Å². The second-order valence-corrected chi connectivity index (χ2v) is 8.36. The molecule has 5 heteroatoms. The number of carbonyl (C=O) groups is 1.